The maximum absolute atomic E-state index is 8.67. The first-order chi connectivity index (χ1) is 6.54. The Morgan fingerprint density at radius 1 is 1.36 bits per heavy atom. The Kier molecular flexibility index (Phi) is 3.47. The van der Waals surface area contributed by atoms with Gasteiger partial charge in [-0.05, 0) is 17.0 Å². The van der Waals surface area contributed by atoms with Crippen LogP contribution in [0.5, 0.6) is 0 Å². The fourth-order valence-electron chi connectivity index (χ4n) is 1.15. The monoisotopic (exact) mass is 194 g/mol. The van der Waals surface area contributed by atoms with E-state index in [-0.39, 0.29) is 12.0 Å². The van der Waals surface area contributed by atoms with Gasteiger partial charge in [-0.15, -0.1) is 0 Å². The molecule has 0 bridgehead atoms. The third-order valence-electron chi connectivity index (χ3n) is 2.05. The van der Waals surface area contributed by atoms with Gasteiger partial charge in [0.2, 0.25) is 0 Å². The molecule has 0 atom stereocenters. The molecular weight excluding hydrogens is 176 g/mol. The first-order valence-corrected chi connectivity index (χ1v) is 4.84. The first-order valence-electron chi connectivity index (χ1n) is 4.84. The highest BCUT2D eigenvalue weighted by Crippen LogP contribution is 2.23. The summed E-state index contributed by atoms with van der Waals surface area (Å²) in [6.45, 7) is 7.16. The van der Waals surface area contributed by atoms with Crippen molar-refractivity contribution in [2.45, 2.75) is 26.2 Å². The van der Waals surface area contributed by atoms with Crippen molar-refractivity contribution in [1.29, 1.82) is 0 Å². The smallest absolute Gasteiger partial charge is 0.0604 e. The van der Waals surface area contributed by atoms with E-state index in [1.165, 1.54) is 5.56 Å². The molecule has 0 saturated carbocycles. The Morgan fingerprint density at radius 2 is 2.07 bits per heavy atom. The largest absolute Gasteiger partial charge is 0.395 e. The zero-order valence-electron chi connectivity index (χ0n) is 9.04. The zero-order valence-corrected chi connectivity index (χ0v) is 9.04. The SMILES string of the molecule is CC(C)(C)c1cncc(NCCO)c1. The Hall–Kier alpha value is -1.09. The second-order valence-electron chi connectivity index (χ2n) is 4.36. The van der Waals surface area contributed by atoms with Crippen molar-refractivity contribution in [2.75, 3.05) is 18.5 Å². The van der Waals surface area contributed by atoms with Crippen molar-refractivity contribution in [3.63, 3.8) is 0 Å². The molecule has 1 aromatic heterocycles. The summed E-state index contributed by atoms with van der Waals surface area (Å²) >= 11 is 0. The Balaban J connectivity index is 2.79. The van der Waals surface area contributed by atoms with E-state index in [0.717, 1.165) is 5.69 Å². The van der Waals surface area contributed by atoms with E-state index in [4.69, 9.17) is 5.11 Å². The first kappa shape index (κ1) is 11.0. The van der Waals surface area contributed by atoms with Crippen LogP contribution in [0.1, 0.15) is 26.3 Å². The van der Waals surface area contributed by atoms with Crippen LogP contribution in [-0.2, 0) is 5.41 Å². The third-order valence-corrected chi connectivity index (χ3v) is 2.05. The van der Waals surface area contributed by atoms with Gasteiger partial charge in [-0.2, -0.15) is 0 Å². The molecule has 0 spiro atoms. The topological polar surface area (TPSA) is 45.2 Å². The van der Waals surface area contributed by atoms with Crippen LogP contribution < -0.4 is 5.32 Å². The second-order valence-corrected chi connectivity index (χ2v) is 4.36. The Bertz CT molecular complexity index is 292. The predicted octanol–water partition coefficient (Wildman–Crippen LogP) is 1.78. The van der Waals surface area contributed by atoms with Crippen LogP contribution in [0.3, 0.4) is 0 Å². The predicted molar refractivity (Wildman–Crippen MR) is 58.5 cm³/mol. The number of aliphatic hydroxyl groups excluding tert-OH is 1. The quantitative estimate of drug-likeness (QED) is 0.771. The summed E-state index contributed by atoms with van der Waals surface area (Å²) < 4.78 is 0. The number of nitrogens with zero attached hydrogens (tertiary/aromatic N) is 1. The second kappa shape index (κ2) is 4.42. The molecule has 0 aliphatic carbocycles. The lowest BCUT2D eigenvalue weighted by molar-refractivity contribution is 0.311. The van der Waals surface area contributed by atoms with Crippen molar-refractivity contribution in [3.8, 4) is 0 Å². The van der Waals surface area contributed by atoms with Crippen LogP contribution in [-0.4, -0.2) is 23.2 Å². The highest BCUT2D eigenvalue weighted by atomic mass is 16.3. The summed E-state index contributed by atoms with van der Waals surface area (Å²) in [7, 11) is 0. The average molecular weight is 194 g/mol. The summed E-state index contributed by atoms with van der Waals surface area (Å²) in [6, 6.07) is 2.07. The zero-order chi connectivity index (χ0) is 10.6. The van der Waals surface area contributed by atoms with Gasteiger partial charge in [-0.25, -0.2) is 0 Å². The molecule has 14 heavy (non-hydrogen) atoms. The summed E-state index contributed by atoms with van der Waals surface area (Å²) in [5.74, 6) is 0. The van der Waals surface area contributed by atoms with Gasteiger partial charge in [0.15, 0.2) is 0 Å². The number of aliphatic hydroxyl groups is 1. The summed E-state index contributed by atoms with van der Waals surface area (Å²) in [5, 5.41) is 11.8. The van der Waals surface area contributed by atoms with Gasteiger partial charge in [0.1, 0.15) is 0 Å². The molecule has 0 fully saturated rings. The molecule has 2 N–H and O–H groups in total. The van der Waals surface area contributed by atoms with Crippen molar-refractivity contribution >= 4 is 5.69 Å². The van der Waals surface area contributed by atoms with Crippen LogP contribution in [0, 0.1) is 0 Å². The van der Waals surface area contributed by atoms with Crippen molar-refractivity contribution < 1.29 is 5.11 Å². The fraction of sp³-hybridized carbons (Fsp3) is 0.545. The number of hydrogen-bond acceptors (Lipinski definition) is 3. The third kappa shape index (κ3) is 3.00. The van der Waals surface area contributed by atoms with Crippen LogP contribution in [0.4, 0.5) is 5.69 Å². The number of pyridine rings is 1. The molecule has 0 aliphatic rings. The molecule has 78 valence electrons. The lowest BCUT2D eigenvalue weighted by Gasteiger charge is -2.19. The minimum absolute atomic E-state index is 0.115. The minimum Gasteiger partial charge on any atom is -0.395 e. The number of rotatable bonds is 3. The Morgan fingerprint density at radius 3 is 2.64 bits per heavy atom. The van der Waals surface area contributed by atoms with Crippen LogP contribution in [0.2, 0.25) is 0 Å². The summed E-state index contributed by atoms with van der Waals surface area (Å²) in [4.78, 5) is 4.16. The van der Waals surface area contributed by atoms with E-state index in [9.17, 15) is 0 Å². The molecule has 3 nitrogen and oxygen atoms in total. The number of aromatic nitrogens is 1. The molecule has 0 unspecified atom stereocenters. The molecule has 0 aliphatic heterocycles. The number of nitrogens with one attached hydrogen (secondary N) is 1. The van der Waals surface area contributed by atoms with Crippen molar-refractivity contribution in [3.05, 3.63) is 24.0 Å². The molecule has 1 aromatic rings. The standard InChI is InChI=1S/C11H18N2O/c1-11(2,3)9-6-10(8-12-7-9)13-4-5-14/h6-8,13-14H,4-5H2,1-3H3. The van der Waals surface area contributed by atoms with Crippen LogP contribution in [0.25, 0.3) is 0 Å². The van der Waals surface area contributed by atoms with Gasteiger partial charge < -0.3 is 10.4 Å². The van der Waals surface area contributed by atoms with Gasteiger partial charge in [0.05, 0.1) is 12.3 Å². The van der Waals surface area contributed by atoms with Gasteiger partial charge in [0.25, 0.3) is 0 Å². The van der Waals surface area contributed by atoms with Gasteiger partial charge in [-0.3, -0.25) is 4.98 Å². The van der Waals surface area contributed by atoms with E-state index in [1.54, 1.807) is 6.20 Å². The van der Waals surface area contributed by atoms with Gasteiger partial charge >= 0.3 is 0 Å². The minimum atomic E-state index is 0.115. The van der Waals surface area contributed by atoms with E-state index < -0.39 is 0 Å². The highest BCUT2D eigenvalue weighted by Gasteiger charge is 2.13. The number of hydrogen-bond donors (Lipinski definition) is 2. The number of anilines is 1. The van der Waals surface area contributed by atoms with E-state index in [1.807, 2.05) is 6.20 Å². The lowest BCUT2D eigenvalue weighted by Crippen LogP contribution is -2.13. The molecule has 0 aromatic carbocycles. The van der Waals surface area contributed by atoms with E-state index in [0.29, 0.717) is 6.54 Å². The molecule has 1 heterocycles. The van der Waals surface area contributed by atoms with E-state index >= 15 is 0 Å². The van der Waals surface area contributed by atoms with Crippen molar-refractivity contribution in [1.82, 2.24) is 4.98 Å². The van der Waals surface area contributed by atoms with Gasteiger partial charge in [0, 0.05) is 18.9 Å². The maximum atomic E-state index is 8.67. The average Bonchev–Trinajstić information content (AvgIpc) is 2.14. The molecule has 0 saturated heterocycles. The molecular formula is C11H18N2O. The molecule has 0 radical (unpaired) electrons. The lowest BCUT2D eigenvalue weighted by atomic mass is 9.88. The van der Waals surface area contributed by atoms with Gasteiger partial charge in [-0.1, -0.05) is 20.8 Å². The molecule has 3 heteroatoms. The van der Waals surface area contributed by atoms with Crippen LogP contribution >= 0.6 is 0 Å². The van der Waals surface area contributed by atoms with Crippen molar-refractivity contribution in [2.24, 2.45) is 0 Å². The fourth-order valence-corrected chi connectivity index (χ4v) is 1.15. The van der Waals surface area contributed by atoms with E-state index in [2.05, 4.69) is 37.1 Å². The molecule has 1 rings (SSSR count). The summed E-state index contributed by atoms with van der Waals surface area (Å²) in [6.07, 6.45) is 3.65. The summed E-state index contributed by atoms with van der Waals surface area (Å²) in [5.41, 5.74) is 2.27. The normalized spacial score (nSPS) is 11.4. The molecule has 0 amide bonds. The van der Waals surface area contributed by atoms with Crippen LogP contribution in [0.15, 0.2) is 18.5 Å². The highest BCUT2D eigenvalue weighted by molar-refractivity contribution is 5.44. The maximum Gasteiger partial charge on any atom is 0.0604 e. The Labute approximate surface area is 85.2 Å².